The Morgan fingerprint density at radius 3 is 3.00 bits per heavy atom. The fraction of sp³-hybridized carbons (Fsp3) is 0.917. The van der Waals surface area contributed by atoms with Gasteiger partial charge in [0.15, 0.2) is 0 Å². The van der Waals surface area contributed by atoms with Crippen LogP contribution in [-0.4, -0.2) is 48.7 Å². The lowest BCUT2D eigenvalue weighted by atomic mass is 9.89. The van der Waals surface area contributed by atoms with Gasteiger partial charge in [-0.3, -0.25) is 4.79 Å². The molecular formula is C12H22FN3O. The molecule has 0 aromatic carbocycles. The summed E-state index contributed by atoms with van der Waals surface area (Å²) >= 11 is 0. The van der Waals surface area contributed by atoms with Gasteiger partial charge in [0.1, 0.15) is 0 Å². The van der Waals surface area contributed by atoms with Gasteiger partial charge in [-0.2, -0.15) is 0 Å². The topological polar surface area (TPSA) is 58.4 Å². The third kappa shape index (κ3) is 2.31. The number of carbonyl (C=O) groups is 1. The van der Waals surface area contributed by atoms with Crippen LogP contribution in [0.3, 0.4) is 0 Å². The SMILES string of the molecule is C[C@@H]1CCCN(C(=O)[C@]2(F)CCNC2)[C@H]1CN. The number of carbonyl (C=O) groups excluding carboxylic acids is 1. The van der Waals surface area contributed by atoms with E-state index in [-0.39, 0.29) is 24.9 Å². The average molecular weight is 243 g/mol. The molecule has 0 spiro atoms. The zero-order valence-corrected chi connectivity index (χ0v) is 10.4. The molecule has 2 saturated heterocycles. The van der Waals surface area contributed by atoms with Crippen molar-refractivity contribution in [3.63, 3.8) is 0 Å². The van der Waals surface area contributed by atoms with Crippen LogP contribution in [0.2, 0.25) is 0 Å². The number of likely N-dealkylation sites (tertiary alicyclic amines) is 1. The molecule has 0 saturated carbocycles. The normalized spacial score (nSPS) is 38.4. The van der Waals surface area contributed by atoms with Crippen LogP contribution >= 0.6 is 0 Å². The maximum atomic E-state index is 14.4. The summed E-state index contributed by atoms with van der Waals surface area (Å²) in [5, 5.41) is 2.92. The average Bonchev–Trinajstić information content (AvgIpc) is 2.76. The molecule has 98 valence electrons. The second kappa shape index (κ2) is 4.90. The first-order valence-corrected chi connectivity index (χ1v) is 6.49. The van der Waals surface area contributed by atoms with Gasteiger partial charge in [-0.25, -0.2) is 4.39 Å². The van der Waals surface area contributed by atoms with Crippen LogP contribution in [0.5, 0.6) is 0 Å². The van der Waals surface area contributed by atoms with Gasteiger partial charge in [-0.1, -0.05) is 6.92 Å². The highest BCUT2D eigenvalue weighted by atomic mass is 19.1. The lowest BCUT2D eigenvalue weighted by molar-refractivity contribution is -0.147. The number of rotatable bonds is 2. The van der Waals surface area contributed by atoms with Crippen LogP contribution in [0.25, 0.3) is 0 Å². The molecule has 0 aliphatic carbocycles. The van der Waals surface area contributed by atoms with Crippen molar-refractivity contribution in [3.05, 3.63) is 0 Å². The van der Waals surface area contributed by atoms with Crippen LogP contribution in [0.1, 0.15) is 26.2 Å². The Hall–Kier alpha value is -0.680. The van der Waals surface area contributed by atoms with E-state index in [9.17, 15) is 9.18 Å². The molecule has 2 aliphatic heterocycles. The van der Waals surface area contributed by atoms with Gasteiger partial charge in [0.25, 0.3) is 5.91 Å². The van der Waals surface area contributed by atoms with E-state index in [0.29, 0.717) is 25.6 Å². The minimum atomic E-state index is -1.70. The summed E-state index contributed by atoms with van der Waals surface area (Å²) in [6.45, 7) is 3.90. The first-order chi connectivity index (χ1) is 8.08. The number of amides is 1. The van der Waals surface area contributed by atoms with Crippen LogP contribution in [0.4, 0.5) is 4.39 Å². The van der Waals surface area contributed by atoms with E-state index >= 15 is 0 Å². The predicted octanol–water partition coefficient (Wildman–Crippen LogP) is 0.274. The monoisotopic (exact) mass is 243 g/mol. The largest absolute Gasteiger partial charge is 0.335 e. The highest BCUT2D eigenvalue weighted by Gasteiger charge is 2.46. The van der Waals surface area contributed by atoms with Gasteiger partial charge < -0.3 is 16.0 Å². The number of nitrogens with one attached hydrogen (secondary N) is 1. The summed E-state index contributed by atoms with van der Waals surface area (Å²) in [5.41, 5.74) is 4.03. The van der Waals surface area contributed by atoms with Crippen molar-refractivity contribution in [3.8, 4) is 0 Å². The fourth-order valence-electron chi connectivity index (χ4n) is 2.96. The number of nitrogens with zero attached hydrogens (tertiary/aromatic N) is 1. The van der Waals surface area contributed by atoms with Crippen molar-refractivity contribution in [2.24, 2.45) is 11.7 Å². The first kappa shape index (κ1) is 12.8. The minimum absolute atomic E-state index is 0.00414. The smallest absolute Gasteiger partial charge is 0.261 e. The summed E-state index contributed by atoms with van der Waals surface area (Å²) in [5.74, 6) is 0.0140. The Morgan fingerprint density at radius 2 is 2.41 bits per heavy atom. The number of hydrogen-bond donors (Lipinski definition) is 2. The van der Waals surface area contributed by atoms with Crippen molar-refractivity contribution < 1.29 is 9.18 Å². The molecule has 17 heavy (non-hydrogen) atoms. The molecule has 2 aliphatic rings. The second-order valence-electron chi connectivity index (χ2n) is 5.31. The zero-order valence-electron chi connectivity index (χ0n) is 10.4. The van der Waals surface area contributed by atoms with E-state index in [1.54, 1.807) is 4.90 Å². The van der Waals surface area contributed by atoms with E-state index in [0.717, 1.165) is 12.8 Å². The minimum Gasteiger partial charge on any atom is -0.335 e. The van der Waals surface area contributed by atoms with Crippen molar-refractivity contribution in [1.29, 1.82) is 0 Å². The molecule has 0 radical (unpaired) electrons. The lowest BCUT2D eigenvalue weighted by Crippen LogP contribution is -2.57. The van der Waals surface area contributed by atoms with E-state index in [4.69, 9.17) is 5.73 Å². The number of piperidine rings is 1. The molecule has 3 atom stereocenters. The molecule has 2 fully saturated rings. The Labute approximate surface area is 102 Å². The standard InChI is InChI=1S/C12H22FN3O/c1-9-3-2-6-16(10(9)7-14)11(17)12(13)4-5-15-8-12/h9-10,15H,2-8,14H2,1H3/t9-,10+,12+/m1/s1. The van der Waals surface area contributed by atoms with Crippen molar-refractivity contribution in [2.45, 2.75) is 37.9 Å². The molecule has 2 rings (SSSR count). The Bertz CT molecular complexity index is 291. The molecule has 3 N–H and O–H groups in total. The predicted molar refractivity (Wildman–Crippen MR) is 64.3 cm³/mol. The molecule has 0 unspecified atom stereocenters. The summed E-state index contributed by atoms with van der Waals surface area (Å²) in [6, 6.07) is 0.00414. The van der Waals surface area contributed by atoms with Gasteiger partial charge in [0, 0.05) is 32.1 Å². The van der Waals surface area contributed by atoms with Crippen molar-refractivity contribution in [2.75, 3.05) is 26.2 Å². The maximum Gasteiger partial charge on any atom is 0.261 e. The molecule has 0 bridgehead atoms. The molecule has 1 amide bonds. The van der Waals surface area contributed by atoms with Crippen LogP contribution < -0.4 is 11.1 Å². The van der Waals surface area contributed by atoms with Crippen molar-refractivity contribution >= 4 is 5.91 Å². The number of hydrogen-bond acceptors (Lipinski definition) is 3. The van der Waals surface area contributed by atoms with E-state index < -0.39 is 5.67 Å². The highest BCUT2D eigenvalue weighted by Crippen LogP contribution is 2.29. The maximum absolute atomic E-state index is 14.4. The van der Waals surface area contributed by atoms with Crippen LogP contribution in [-0.2, 0) is 4.79 Å². The molecule has 0 aromatic rings. The highest BCUT2D eigenvalue weighted by molar-refractivity contribution is 5.86. The third-order valence-electron chi connectivity index (χ3n) is 4.10. The fourth-order valence-corrected chi connectivity index (χ4v) is 2.96. The van der Waals surface area contributed by atoms with Gasteiger partial charge in [-0.15, -0.1) is 0 Å². The number of nitrogens with two attached hydrogens (primary N) is 1. The Kier molecular flexibility index (Phi) is 3.68. The summed E-state index contributed by atoms with van der Waals surface area (Å²) < 4.78 is 14.4. The van der Waals surface area contributed by atoms with Gasteiger partial charge in [0.05, 0.1) is 0 Å². The Morgan fingerprint density at radius 1 is 1.65 bits per heavy atom. The third-order valence-corrected chi connectivity index (χ3v) is 4.10. The molecular weight excluding hydrogens is 221 g/mol. The van der Waals surface area contributed by atoms with Gasteiger partial charge in [0.2, 0.25) is 5.67 Å². The molecule has 0 aromatic heterocycles. The second-order valence-corrected chi connectivity index (χ2v) is 5.31. The molecule has 5 heteroatoms. The molecule has 4 nitrogen and oxygen atoms in total. The summed E-state index contributed by atoms with van der Waals surface area (Å²) in [7, 11) is 0. The van der Waals surface area contributed by atoms with Crippen LogP contribution in [0.15, 0.2) is 0 Å². The summed E-state index contributed by atoms with van der Waals surface area (Å²) in [4.78, 5) is 14.0. The van der Waals surface area contributed by atoms with E-state index in [1.165, 1.54) is 0 Å². The van der Waals surface area contributed by atoms with E-state index in [1.807, 2.05) is 0 Å². The number of halogens is 1. The lowest BCUT2D eigenvalue weighted by Gasteiger charge is -2.41. The first-order valence-electron chi connectivity index (χ1n) is 6.49. The van der Waals surface area contributed by atoms with Crippen molar-refractivity contribution in [1.82, 2.24) is 10.2 Å². The zero-order chi connectivity index (χ0) is 12.5. The quantitative estimate of drug-likeness (QED) is 0.732. The Balaban J connectivity index is 2.11. The molecule has 2 heterocycles. The number of alkyl halides is 1. The summed E-state index contributed by atoms with van der Waals surface area (Å²) in [6.07, 6.45) is 2.31. The van der Waals surface area contributed by atoms with Gasteiger partial charge >= 0.3 is 0 Å². The van der Waals surface area contributed by atoms with E-state index in [2.05, 4.69) is 12.2 Å². The van der Waals surface area contributed by atoms with Gasteiger partial charge in [-0.05, 0) is 25.3 Å². The van der Waals surface area contributed by atoms with Crippen LogP contribution in [0, 0.1) is 5.92 Å².